The Kier molecular flexibility index (Phi) is 10.7. The van der Waals surface area contributed by atoms with Gasteiger partial charge in [-0.3, -0.25) is 4.79 Å². The first-order chi connectivity index (χ1) is 16.6. The standard InChI is InChI=1S/C28H37NO4S/c1-3-5-6-7-8-11-20-33-22-17-14-21(15-18-22)16-19-25(30)29-27-26(28(31)32-4-2)23-12-9-10-13-24(23)34-27/h14-19H,3-13,20H2,1-2H3,(H,29,30). The van der Waals surface area contributed by atoms with Crippen LogP contribution in [0.1, 0.15) is 91.6 Å². The lowest BCUT2D eigenvalue weighted by atomic mass is 9.95. The second-order valence-corrected chi connectivity index (χ2v) is 9.75. The van der Waals surface area contributed by atoms with E-state index in [2.05, 4.69) is 12.2 Å². The van der Waals surface area contributed by atoms with Gasteiger partial charge in [-0.2, -0.15) is 0 Å². The molecular formula is C28H37NO4S. The van der Waals surface area contributed by atoms with Crippen molar-refractivity contribution in [1.82, 2.24) is 0 Å². The lowest BCUT2D eigenvalue weighted by molar-refractivity contribution is -0.111. The van der Waals surface area contributed by atoms with Gasteiger partial charge in [-0.15, -0.1) is 11.3 Å². The number of nitrogens with one attached hydrogen (secondary N) is 1. The molecule has 1 aliphatic carbocycles. The SMILES string of the molecule is CCCCCCCCOc1ccc(C=CC(=O)Nc2sc3c(c2C(=O)OCC)CCCC3)cc1. The number of carbonyl (C=O) groups excluding carboxylic acids is 2. The van der Waals surface area contributed by atoms with E-state index >= 15 is 0 Å². The van der Waals surface area contributed by atoms with Gasteiger partial charge in [-0.25, -0.2) is 4.79 Å². The third-order valence-electron chi connectivity index (χ3n) is 5.96. The number of thiophene rings is 1. The molecule has 0 aliphatic heterocycles. The monoisotopic (exact) mass is 483 g/mol. The maximum absolute atomic E-state index is 12.6. The van der Waals surface area contributed by atoms with Gasteiger partial charge in [0.15, 0.2) is 0 Å². The fraction of sp³-hybridized carbons (Fsp3) is 0.500. The Balaban J connectivity index is 1.52. The Morgan fingerprint density at radius 2 is 1.74 bits per heavy atom. The molecule has 0 unspecified atom stereocenters. The van der Waals surface area contributed by atoms with Gasteiger partial charge in [0.1, 0.15) is 10.8 Å². The summed E-state index contributed by atoms with van der Waals surface area (Å²) in [6.07, 6.45) is 14.7. The van der Waals surface area contributed by atoms with Crippen LogP contribution < -0.4 is 10.1 Å². The summed E-state index contributed by atoms with van der Waals surface area (Å²) < 4.78 is 11.1. The normalized spacial score (nSPS) is 13.0. The van der Waals surface area contributed by atoms with E-state index < -0.39 is 0 Å². The second-order valence-electron chi connectivity index (χ2n) is 8.64. The molecule has 1 aromatic carbocycles. The molecule has 2 aromatic rings. The van der Waals surface area contributed by atoms with Crippen molar-refractivity contribution in [1.29, 1.82) is 0 Å². The minimum absolute atomic E-state index is 0.257. The molecule has 34 heavy (non-hydrogen) atoms. The molecule has 0 fully saturated rings. The van der Waals surface area contributed by atoms with Gasteiger partial charge in [0, 0.05) is 11.0 Å². The summed E-state index contributed by atoms with van der Waals surface area (Å²) in [5, 5.41) is 3.50. The Labute approximate surface area is 207 Å². The Morgan fingerprint density at radius 1 is 1.00 bits per heavy atom. The molecule has 1 amide bonds. The van der Waals surface area contributed by atoms with Gasteiger partial charge in [-0.1, -0.05) is 51.2 Å². The van der Waals surface area contributed by atoms with Crippen LogP contribution >= 0.6 is 11.3 Å². The van der Waals surface area contributed by atoms with E-state index in [0.29, 0.717) is 17.2 Å². The van der Waals surface area contributed by atoms with E-state index in [4.69, 9.17) is 9.47 Å². The van der Waals surface area contributed by atoms with Crippen molar-refractivity contribution in [2.45, 2.75) is 78.1 Å². The summed E-state index contributed by atoms with van der Waals surface area (Å²) in [6, 6.07) is 7.74. The van der Waals surface area contributed by atoms with E-state index in [-0.39, 0.29) is 11.9 Å². The number of aryl methyl sites for hydroxylation is 1. The predicted molar refractivity (Wildman–Crippen MR) is 140 cm³/mol. The molecule has 0 saturated heterocycles. The fourth-order valence-electron chi connectivity index (χ4n) is 4.15. The molecule has 5 nitrogen and oxygen atoms in total. The molecule has 0 radical (unpaired) electrons. The van der Waals surface area contributed by atoms with Crippen LogP contribution in [0.5, 0.6) is 5.75 Å². The van der Waals surface area contributed by atoms with E-state index in [0.717, 1.165) is 55.6 Å². The Morgan fingerprint density at radius 3 is 2.50 bits per heavy atom. The Hall–Kier alpha value is -2.60. The third kappa shape index (κ3) is 7.73. The van der Waals surface area contributed by atoms with E-state index in [1.165, 1.54) is 54.4 Å². The maximum Gasteiger partial charge on any atom is 0.341 e. The average molecular weight is 484 g/mol. The molecule has 0 bridgehead atoms. The van der Waals surface area contributed by atoms with Crippen LogP contribution in [0.3, 0.4) is 0 Å². The molecule has 1 aromatic heterocycles. The zero-order valence-electron chi connectivity index (χ0n) is 20.5. The highest BCUT2D eigenvalue weighted by Gasteiger charge is 2.26. The van der Waals surface area contributed by atoms with Crippen LogP contribution in [0.25, 0.3) is 6.08 Å². The van der Waals surface area contributed by atoms with Gasteiger partial charge in [0.25, 0.3) is 0 Å². The maximum atomic E-state index is 12.6. The highest BCUT2D eigenvalue weighted by atomic mass is 32.1. The number of hydrogen-bond donors (Lipinski definition) is 1. The van der Waals surface area contributed by atoms with Crippen molar-refractivity contribution < 1.29 is 19.1 Å². The number of fused-ring (bicyclic) bond motifs is 1. The minimum Gasteiger partial charge on any atom is -0.494 e. The van der Waals surface area contributed by atoms with Gasteiger partial charge in [0.2, 0.25) is 5.91 Å². The van der Waals surface area contributed by atoms with Crippen molar-refractivity contribution in [3.8, 4) is 5.75 Å². The van der Waals surface area contributed by atoms with E-state index in [1.54, 1.807) is 13.0 Å². The number of hydrogen-bond acceptors (Lipinski definition) is 5. The number of amides is 1. The molecule has 0 spiro atoms. The van der Waals surface area contributed by atoms with Crippen LogP contribution in [-0.2, 0) is 22.4 Å². The molecule has 1 heterocycles. The number of ether oxygens (including phenoxy) is 2. The quantitative estimate of drug-likeness (QED) is 0.186. The first-order valence-electron chi connectivity index (χ1n) is 12.7. The first kappa shape index (κ1) is 26.0. The zero-order chi connectivity index (χ0) is 24.2. The molecule has 184 valence electrons. The van der Waals surface area contributed by atoms with Crippen LogP contribution in [0.15, 0.2) is 30.3 Å². The Bertz CT molecular complexity index is 962. The molecule has 3 rings (SSSR count). The molecule has 1 aliphatic rings. The lowest BCUT2D eigenvalue weighted by Gasteiger charge is -2.12. The highest BCUT2D eigenvalue weighted by molar-refractivity contribution is 7.17. The van der Waals surface area contributed by atoms with Crippen molar-refractivity contribution in [3.05, 3.63) is 51.9 Å². The van der Waals surface area contributed by atoms with Crippen molar-refractivity contribution >= 4 is 34.3 Å². The topological polar surface area (TPSA) is 64.6 Å². The number of unbranched alkanes of at least 4 members (excludes halogenated alkanes) is 5. The summed E-state index contributed by atoms with van der Waals surface area (Å²) in [5.74, 6) is 0.240. The molecule has 0 saturated carbocycles. The summed E-state index contributed by atoms with van der Waals surface area (Å²) in [7, 11) is 0. The number of carbonyl (C=O) groups is 2. The molecule has 6 heteroatoms. The van der Waals surface area contributed by atoms with Crippen molar-refractivity contribution in [2.24, 2.45) is 0 Å². The van der Waals surface area contributed by atoms with Gasteiger partial charge >= 0.3 is 5.97 Å². The summed E-state index contributed by atoms with van der Waals surface area (Å²) in [6.45, 7) is 5.07. The van der Waals surface area contributed by atoms with Crippen LogP contribution in [0.2, 0.25) is 0 Å². The third-order valence-corrected chi connectivity index (χ3v) is 7.17. The van der Waals surface area contributed by atoms with Crippen molar-refractivity contribution in [2.75, 3.05) is 18.5 Å². The van der Waals surface area contributed by atoms with Crippen LogP contribution in [-0.4, -0.2) is 25.1 Å². The average Bonchev–Trinajstić information content (AvgIpc) is 3.21. The van der Waals surface area contributed by atoms with Crippen LogP contribution in [0.4, 0.5) is 5.00 Å². The molecule has 0 atom stereocenters. The number of benzene rings is 1. The molecule has 1 N–H and O–H groups in total. The summed E-state index contributed by atoms with van der Waals surface area (Å²) >= 11 is 1.50. The number of rotatable bonds is 13. The number of anilines is 1. The number of esters is 1. The molecular weight excluding hydrogens is 446 g/mol. The van der Waals surface area contributed by atoms with E-state index in [9.17, 15) is 9.59 Å². The highest BCUT2D eigenvalue weighted by Crippen LogP contribution is 2.38. The lowest BCUT2D eigenvalue weighted by Crippen LogP contribution is -2.14. The second kappa shape index (κ2) is 14.0. The van der Waals surface area contributed by atoms with Gasteiger partial charge in [0.05, 0.1) is 18.8 Å². The van der Waals surface area contributed by atoms with Crippen molar-refractivity contribution in [3.63, 3.8) is 0 Å². The van der Waals surface area contributed by atoms with Gasteiger partial charge < -0.3 is 14.8 Å². The van der Waals surface area contributed by atoms with Gasteiger partial charge in [-0.05, 0) is 68.4 Å². The summed E-state index contributed by atoms with van der Waals surface area (Å²) in [4.78, 5) is 26.3. The minimum atomic E-state index is -0.349. The van der Waals surface area contributed by atoms with E-state index in [1.807, 2.05) is 24.3 Å². The van der Waals surface area contributed by atoms with Crippen LogP contribution in [0, 0.1) is 0 Å². The predicted octanol–water partition coefficient (Wildman–Crippen LogP) is 7.19. The zero-order valence-corrected chi connectivity index (χ0v) is 21.3. The first-order valence-corrected chi connectivity index (χ1v) is 13.5. The summed E-state index contributed by atoms with van der Waals surface area (Å²) in [5.41, 5.74) is 2.50. The largest absolute Gasteiger partial charge is 0.494 e. The fourth-order valence-corrected chi connectivity index (χ4v) is 5.43. The smallest absolute Gasteiger partial charge is 0.341 e.